The number of nitrogens with two attached hydrogens (primary N) is 1. The highest BCUT2D eigenvalue weighted by atomic mass is 35.5. The molecule has 0 saturated carbocycles. The number of hydrogen-bond acceptors (Lipinski definition) is 6. The van der Waals surface area contributed by atoms with Gasteiger partial charge in [0.1, 0.15) is 0 Å². The third-order valence-corrected chi connectivity index (χ3v) is 4.84. The van der Waals surface area contributed by atoms with E-state index >= 15 is 0 Å². The van der Waals surface area contributed by atoms with Crippen LogP contribution in [-0.4, -0.2) is 51.5 Å². The van der Waals surface area contributed by atoms with E-state index < -0.39 is 6.29 Å². The van der Waals surface area contributed by atoms with Gasteiger partial charge in [-0.1, -0.05) is 29.8 Å². The zero-order chi connectivity index (χ0) is 19.8. The Hall–Kier alpha value is -1.41. The molecule has 1 aromatic carbocycles. The zero-order valence-corrected chi connectivity index (χ0v) is 16.9. The lowest BCUT2D eigenvalue weighted by Gasteiger charge is -2.35. The molecule has 0 fully saturated rings. The molecular formula is C20H29ClN2O4. The third kappa shape index (κ3) is 5.31. The van der Waals surface area contributed by atoms with Gasteiger partial charge in [0, 0.05) is 48.2 Å². The molecule has 1 aliphatic rings. The number of aliphatic hydroxyl groups excluding tert-OH is 1. The summed E-state index contributed by atoms with van der Waals surface area (Å²) in [6.45, 7) is 6.08. The van der Waals surface area contributed by atoms with Crippen molar-refractivity contribution >= 4 is 11.6 Å². The molecular weight excluding hydrogens is 368 g/mol. The highest BCUT2D eigenvalue weighted by Crippen LogP contribution is 2.42. The number of aliphatic hydroxyl groups is 1. The van der Waals surface area contributed by atoms with Crippen LogP contribution in [0, 0.1) is 0 Å². The van der Waals surface area contributed by atoms with E-state index in [-0.39, 0.29) is 5.92 Å². The number of nitrogens with one attached hydrogen (secondary N) is 1. The molecule has 1 aliphatic heterocycles. The number of halogens is 1. The van der Waals surface area contributed by atoms with Gasteiger partial charge in [-0.05, 0) is 31.1 Å². The predicted molar refractivity (Wildman–Crippen MR) is 106 cm³/mol. The first-order chi connectivity index (χ1) is 13.0. The quantitative estimate of drug-likeness (QED) is 0.416. The van der Waals surface area contributed by atoms with Crippen molar-refractivity contribution < 1.29 is 19.3 Å². The molecule has 2 rings (SSSR count). The Morgan fingerprint density at radius 1 is 1.26 bits per heavy atom. The second-order valence-electron chi connectivity index (χ2n) is 6.23. The number of methoxy groups -OCH3 is 1. The van der Waals surface area contributed by atoms with Crippen molar-refractivity contribution in [2.24, 2.45) is 5.73 Å². The Balaban J connectivity index is 2.56. The predicted octanol–water partition coefficient (Wildman–Crippen LogP) is 2.53. The Morgan fingerprint density at radius 2 is 2.00 bits per heavy atom. The molecule has 0 radical (unpaired) electrons. The van der Waals surface area contributed by atoms with Gasteiger partial charge in [0.2, 0.25) is 0 Å². The average Bonchev–Trinajstić information content (AvgIpc) is 2.67. The van der Waals surface area contributed by atoms with Crippen molar-refractivity contribution in [1.29, 1.82) is 0 Å². The summed E-state index contributed by atoms with van der Waals surface area (Å²) >= 11 is 6.52. The molecule has 0 aliphatic carbocycles. The fourth-order valence-electron chi connectivity index (χ4n) is 3.25. The van der Waals surface area contributed by atoms with Gasteiger partial charge >= 0.3 is 0 Å². The fourth-order valence-corrected chi connectivity index (χ4v) is 3.49. The van der Waals surface area contributed by atoms with Gasteiger partial charge in [-0.15, -0.1) is 0 Å². The van der Waals surface area contributed by atoms with Crippen LogP contribution in [0.15, 0.2) is 46.8 Å². The van der Waals surface area contributed by atoms with E-state index in [0.717, 1.165) is 22.5 Å². The van der Waals surface area contributed by atoms with Crippen LogP contribution in [0.5, 0.6) is 0 Å². The van der Waals surface area contributed by atoms with E-state index in [0.29, 0.717) is 43.6 Å². The molecule has 2 unspecified atom stereocenters. The van der Waals surface area contributed by atoms with Crippen molar-refractivity contribution in [1.82, 2.24) is 5.32 Å². The molecule has 1 heterocycles. The van der Waals surface area contributed by atoms with Crippen molar-refractivity contribution in [3.8, 4) is 0 Å². The first-order valence-electron chi connectivity index (χ1n) is 9.05. The largest absolute Gasteiger partial charge is 0.377 e. The Morgan fingerprint density at radius 3 is 2.63 bits per heavy atom. The smallest absolute Gasteiger partial charge is 0.179 e. The molecule has 27 heavy (non-hydrogen) atoms. The summed E-state index contributed by atoms with van der Waals surface area (Å²) in [4.78, 5) is 0. The second-order valence-corrected chi connectivity index (χ2v) is 6.64. The Labute approximate surface area is 165 Å². The summed E-state index contributed by atoms with van der Waals surface area (Å²) < 4.78 is 16.6. The van der Waals surface area contributed by atoms with Crippen LogP contribution in [-0.2, 0) is 14.2 Å². The number of rotatable bonds is 10. The maximum absolute atomic E-state index is 10.5. The summed E-state index contributed by atoms with van der Waals surface area (Å²) in [6.07, 6.45) is -1.07. The van der Waals surface area contributed by atoms with Crippen LogP contribution < -0.4 is 11.1 Å². The van der Waals surface area contributed by atoms with E-state index in [2.05, 4.69) is 5.32 Å². The first-order valence-corrected chi connectivity index (χ1v) is 9.43. The Kier molecular flexibility index (Phi) is 8.76. The average molecular weight is 397 g/mol. The van der Waals surface area contributed by atoms with Crippen LogP contribution >= 0.6 is 11.6 Å². The summed E-state index contributed by atoms with van der Waals surface area (Å²) in [5, 5.41) is 14.5. The third-order valence-electron chi connectivity index (χ3n) is 4.49. The first kappa shape index (κ1) is 21.9. The van der Waals surface area contributed by atoms with Gasteiger partial charge in [0.25, 0.3) is 0 Å². The van der Waals surface area contributed by atoms with E-state index in [1.165, 1.54) is 7.11 Å². The normalized spacial score (nSPS) is 18.7. The van der Waals surface area contributed by atoms with Crippen LogP contribution in [0.4, 0.5) is 0 Å². The lowest BCUT2D eigenvalue weighted by molar-refractivity contribution is -0.0491. The molecule has 0 saturated heterocycles. The van der Waals surface area contributed by atoms with Gasteiger partial charge in [0.15, 0.2) is 6.29 Å². The van der Waals surface area contributed by atoms with Crippen molar-refractivity contribution in [3.05, 3.63) is 57.4 Å². The maximum atomic E-state index is 10.5. The number of ether oxygens (including phenoxy) is 3. The minimum absolute atomic E-state index is 0.280. The van der Waals surface area contributed by atoms with Crippen LogP contribution in [0.25, 0.3) is 0 Å². The molecule has 4 N–H and O–H groups in total. The highest BCUT2D eigenvalue weighted by Gasteiger charge is 2.35. The molecule has 1 aromatic rings. The fraction of sp³-hybridized carbons (Fsp3) is 0.500. The summed E-state index contributed by atoms with van der Waals surface area (Å²) in [5.41, 5.74) is 9.80. The van der Waals surface area contributed by atoms with E-state index in [4.69, 9.17) is 31.5 Å². The Bertz CT molecular complexity index is 690. The molecule has 0 bridgehead atoms. The van der Waals surface area contributed by atoms with Gasteiger partial charge in [0.05, 0.1) is 19.8 Å². The molecule has 150 valence electrons. The van der Waals surface area contributed by atoms with Crippen LogP contribution in [0.1, 0.15) is 25.3 Å². The monoisotopic (exact) mass is 396 g/mol. The molecule has 0 aromatic heterocycles. The lowest BCUT2D eigenvalue weighted by atomic mass is 9.80. The number of dihydropyridines is 1. The minimum atomic E-state index is -1.07. The van der Waals surface area contributed by atoms with Crippen LogP contribution in [0.2, 0.25) is 5.02 Å². The van der Waals surface area contributed by atoms with Gasteiger partial charge in [-0.3, -0.25) is 0 Å². The van der Waals surface area contributed by atoms with Crippen molar-refractivity contribution in [3.63, 3.8) is 0 Å². The number of allylic oxidation sites excluding steroid dienone is 1. The molecule has 7 heteroatoms. The standard InChI is InChI=1S/C20H29ClN2O4/c1-4-26-11-15-17(12-27-10-9-22)23-13(2)18(20(24)25-3)19(15)14-7-5-6-8-16(14)21/h5-8,19-20,23-24H,4,9-12,22H2,1-3H3. The maximum Gasteiger partial charge on any atom is 0.179 e. The summed E-state index contributed by atoms with van der Waals surface area (Å²) in [7, 11) is 1.47. The molecule has 0 spiro atoms. The zero-order valence-electron chi connectivity index (χ0n) is 16.1. The van der Waals surface area contributed by atoms with E-state index in [9.17, 15) is 5.11 Å². The van der Waals surface area contributed by atoms with E-state index in [1.807, 2.05) is 38.1 Å². The lowest BCUT2D eigenvalue weighted by Crippen LogP contribution is -2.34. The van der Waals surface area contributed by atoms with Gasteiger partial charge < -0.3 is 30.4 Å². The highest BCUT2D eigenvalue weighted by molar-refractivity contribution is 6.31. The van der Waals surface area contributed by atoms with Crippen molar-refractivity contribution in [2.75, 3.05) is 40.1 Å². The topological polar surface area (TPSA) is 86.0 Å². The number of hydrogen-bond donors (Lipinski definition) is 3. The number of benzene rings is 1. The van der Waals surface area contributed by atoms with Crippen molar-refractivity contribution in [2.45, 2.75) is 26.1 Å². The summed E-state index contributed by atoms with van der Waals surface area (Å²) in [6, 6.07) is 7.61. The molecule has 0 amide bonds. The van der Waals surface area contributed by atoms with Crippen LogP contribution in [0.3, 0.4) is 0 Å². The molecule has 2 atom stereocenters. The second kappa shape index (κ2) is 10.8. The SMILES string of the molecule is CCOCC1=C(COCCN)NC(C)=C(C(O)OC)C1c1ccccc1Cl. The van der Waals surface area contributed by atoms with E-state index in [1.54, 1.807) is 0 Å². The molecule has 6 nitrogen and oxygen atoms in total. The van der Waals surface area contributed by atoms with Gasteiger partial charge in [-0.2, -0.15) is 0 Å². The summed E-state index contributed by atoms with van der Waals surface area (Å²) in [5.74, 6) is -0.280. The minimum Gasteiger partial charge on any atom is -0.377 e. The van der Waals surface area contributed by atoms with Gasteiger partial charge in [-0.25, -0.2) is 0 Å².